The maximum absolute atomic E-state index is 13.5. The van der Waals surface area contributed by atoms with Crippen molar-refractivity contribution in [3.8, 4) is 11.1 Å². The summed E-state index contributed by atoms with van der Waals surface area (Å²) in [5.41, 5.74) is 4.12. The number of amides is 1. The first-order chi connectivity index (χ1) is 21.3. The van der Waals surface area contributed by atoms with Crippen molar-refractivity contribution in [2.75, 3.05) is 32.3 Å². The van der Waals surface area contributed by atoms with E-state index >= 15 is 0 Å². The van der Waals surface area contributed by atoms with Crippen LogP contribution in [-0.4, -0.2) is 88.3 Å². The highest BCUT2D eigenvalue weighted by atomic mass is 32.2. The topological polar surface area (TPSA) is 147 Å². The third-order valence-electron chi connectivity index (χ3n) is 8.10. The Bertz CT molecular complexity index is 1730. The number of aliphatic carboxylic acids is 1. The Morgan fingerprint density at radius 2 is 1.67 bits per heavy atom. The van der Waals surface area contributed by atoms with Gasteiger partial charge in [0.15, 0.2) is 9.84 Å². The first-order valence-electron chi connectivity index (χ1n) is 14.7. The smallest absolute Gasteiger partial charge is 0.326 e. The molecule has 0 aromatic heterocycles. The standard InChI is InChI=1S/C33H40N2O8S2/c1-23-9-7-8-12-28(23)30-17-25(13-14-29(30)32(36)34-31(33(37)38)15-16-44(3,39)40)19-35-20-27(18-26(35)21-43-2)45(41,42)22-24-10-5-4-6-11-24/h4-14,17,26-27,31H,15-16,18-22H2,1-3H3,(H,34,36)(H,37,38)/t26-,27-,31+/m0/s1. The molecule has 1 fully saturated rings. The fourth-order valence-corrected chi connectivity index (χ4v) is 8.22. The summed E-state index contributed by atoms with van der Waals surface area (Å²) >= 11 is 0. The Hall–Kier alpha value is -3.58. The van der Waals surface area contributed by atoms with E-state index in [0.717, 1.165) is 28.5 Å². The number of sulfone groups is 2. The van der Waals surface area contributed by atoms with E-state index in [1.54, 1.807) is 19.2 Å². The monoisotopic (exact) mass is 656 g/mol. The summed E-state index contributed by atoms with van der Waals surface area (Å²) in [7, 11) is -5.27. The quantitative estimate of drug-likeness (QED) is 0.266. The van der Waals surface area contributed by atoms with Gasteiger partial charge in [-0.1, -0.05) is 60.7 Å². The van der Waals surface area contributed by atoms with E-state index in [2.05, 4.69) is 10.2 Å². The zero-order chi connectivity index (χ0) is 32.8. The number of aryl methyl sites for hydroxylation is 1. The molecule has 1 amide bonds. The van der Waals surface area contributed by atoms with Gasteiger partial charge in [0.25, 0.3) is 5.91 Å². The average Bonchev–Trinajstić information content (AvgIpc) is 3.38. The molecule has 0 aliphatic carbocycles. The van der Waals surface area contributed by atoms with Crippen LogP contribution in [0.25, 0.3) is 11.1 Å². The van der Waals surface area contributed by atoms with Crippen LogP contribution in [0.15, 0.2) is 72.8 Å². The summed E-state index contributed by atoms with van der Waals surface area (Å²) in [6, 6.07) is 20.4. The molecule has 1 aliphatic heterocycles. The molecule has 3 aromatic carbocycles. The third-order valence-corrected chi connectivity index (χ3v) is 11.2. The zero-order valence-corrected chi connectivity index (χ0v) is 27.3. The largest absolute Gasteiger partial charge is 0.480 e. The summed E-state index contributed by atoms with van der Waals surface area (Å²) in [4.78, 5) is 27.4. The molecule has 0 bridgehead atoms. The second-order valence-corrected chi connectivity index (χ2v) is 16.2. The fraction of sp³-hybridized carbons (Fsp3) is 0.394. The van der Waals surface area contributed by atoms with Crippen molar-refractivity contribution in [2.45, 2.75) is 49.4 Å². The molecule has 3 aromatic rings. The van der Waals surface area contributed by atoms with Gasteiger partial charge in [-0.25, -0.2) is 21.6 Å². The molecule has 0 radical (unpaired) electrons. The molecule has 1 heterocycles. The lowest BCUT2D eigenvalue weighted by Gasteiger charge is -2.24. The predicted molar refractivity (Wildman–Crippen MR) is 173 cm³/mol. The number of hydrogen-bond acceptors (Lipinski definition) is 8. The van der Waals surface area contributed by atoms with Crippen LogP contribution in [0.4, 0.5) is 0 Å². The van der Waals surface area contributed by atoms with Crippen LogP contribution < -0.4 is 5.32 Å². The lowest BCUT2D eigenvalue weighted by atomic mass is 9.93. The Morgan fingerprint density at radius 1 is 0.978 bits per heavy atom. The van der Waals surface area contributed by atoms with Gasteiger partial charge < -0.3 is 15.2 Å². The molecule has 10 nitrogen and oxygen atoms in total. The van der Waals surface area contributed by atoms with E-state index in [-0.39, 0.29) is 29.5 Å². The van der Waals surface area contributed by atoms with Crippen molar-refractivity contribution in [3.05, 3.63) is 95.1 Å². The van der Waals surface area contributed by atoms with Crippen LogP contribution in [0.5, 0.6) is 0 Å². The van der Waals surface area contributed by atoms with Gasteiger partial charge in [-0.2, -0.15) is 0 Å². The van der Waals surface area contributed by atoms with Crippen molar-refractivity contribution in [3.63, 3.8) is 0 Å². The summed E-state index contributed by atoms with van der Waals surface area (Å²) in [6.07, 6.45) is 1.20. The highest BCUT2D eigenvalue weighted by molar-refractivity contribution is 7.91. The van der Waals surface area contributed by atoms with E-state index in [9.17, 15) is 31.5 Å². The number of carbonyl (C=O) groups excluding carboxylic acids is 1. The Balaban J connectivity index is 1.61. The van der Waals surface area contributed by atoms with Crippen molar-refractivity contribution in [1.29, 1.82) is 0 Å². The van der Waals surface area contributed by atoms with Crippen LogP contribution in [0.1, 0.15) is 39.9 Å². The molecule has 1 saturated heterocycles. The minimum absolute atomic E-state index is 0.0329. The third kappa shape index (κ3) is 9.23. The van der Waals surface area contributed by atoms with Gasteiger partial charge in [0.2, 0.25) is 0 Å². The Kier molecular flexibility index (Phi) is 11.2. The number of rotatable bonds is 14. The Morgan fingerprint density at radius 3 is 2.31 bits per heavy atom. The molecule has 12 heteroatoms. The predicted octanol–water partition coefficient (Wildman–Crippen LogP) is 3.48. The van der Waals surface area contributed by atoms with Gasteiger partial charge in [0.1, 0.15) is 15.9 Å². The summed E-state index contributed by atoms with van der Waals surface area (Å²) in [6.45, 7) is 3.03. The van der Waals surface area contributed by atoms with Crippen LogP contribution >= 0.6 is 0 Å². The number of methoxy groups -OCH3 is 1. The molecule has 2 N–H and O–H groups in total. The number of nitrogens with one attached hydrogen (secondary N) is 1. The van der Waals surface area contributed by atoms with Gasteiger partial charge in [-0.05, 0) is 59.7 Å². The maximum Gasteiger partial charge on any atom is 0.326 e. The van der Waals surface area contributed by atoms with Crippen molar-refractivity contribution < 1.29 is 36.3 Å². The van der Waals surface area contributed by atoms with Crippen LogP contribution in [0.2, 0.25) is 0 Å². The number of carboxylic acid groups (broad SMARTS) is 1. The highest BCUT2D eigenvalue weighted by Gasteiger charge is 2.39. The van der Waals surface area contributed by atoms with Crippen molar-refractivity contribution in [1.82, 2.24) is 10.2 Å². The molecular formula is C33H40N2O8S2. The van der Waals surface area contributed by atoms with E-state index in [1.807, 2.05) is 67.6 Å². The second-order valence-electron chi connectivity index (χ2n) is 11.7. The van der Waals surface area contributed by atoms with Crippen LogP contribution in [0, 0.1) is 6.92 Å². The van der Waals surface area contributed by atoms with E-state index < -0.39 is 42.8 Å². The average molecular weight is 657 g/mol. The minimum Gasteiger partial charge on any atom is -0.480 e. The molecule has 45 heavy (non-hydrogen) atoms. The number of nitrogens with zero attached hydrogens (tertiary/aromatic N) is 1. The zero-order valence-electron chi connectivity index (χ0n) is 25.7. The summed E-state index contributed by atoms with van der Waals surface area (Å²) in [5.74, 6) is -2.37. The van der Waals surface area contributed by atoms with Gasteiger partial charge in [0.05, 0.1) is 23.4 Å². The van der Waals surface area contributed by atoms with Gasteiger partial charge in [0, 0.05) is 38.1 Å². The summed E-state index contributed by atoms with van der Waals surface area (Å²) in [5, 5.41) is 11.6. The SMILES string of the molecule is COC[C@@H]1C[C@H](S(=O)(=O)Cc2ccccc2)CN1Cc1ccc(C(=O)N[C@H](CCS(C)(=O)=O)C(=O)O)c(-c2ccccc2C)c1. The van der Waals surface area contributed by atoms with Crippen molar-refractivity contribution in [2.24, 2.45) is 0 Å². The molecule has 242 valence electrons. The molecule has 0 saturated carbocycles. The summed E-state index contributed by atoms with van der Waals surface area (Å²) < 4.78 is 55.5. The van der Waals surface area contributed by atoms with Gasteiger partial charge >= 0.3 is 5.97 Å². The van der Waals surface area contributed by atoms with E-state index in [1.165, 1.54) is 0 Å². The van der Waals surface area contributed by atoms with Crippen molar-refractivity contribution >= 4 is 31.6 Å². The van der Waals surface area contributed by atoms with E-state index in [4.69, 9.17) is 4.74 Å². The molecular weight excluding hydrogens is 617 g/mol. The lowest BCUT2D eigenvalue weighted by Crippen LogP contribution is -2.42. The number of carbonyl (C=O) groups is 2. The Labute approximate surface area is 265 Å². The second kappa shape index (κ2) is 14.7. The molecule has 4 rings (SSSR count). The highest BCUT2D eigenvalue weighted by Crippen LogP contribution is 2.31. The number of hydrogen-bond donors (Lipinski definition) is 2. The number of ether oxygens (including phenoxy) is 1. The van der Waals surface area contributed by atoms with E-state index in [0.29, 0.717) is 31.7 Å². The number of carboxylic acids is 1. The fourth-order valence-electron chi connectivity index (χ4n) is 5.73. The van der Waals surface area contributed by atoms with Crippen LogP contribution in [-0.2, 0) is 41.5 Å². The molecule has 0 spiro atoms. The first kappa shape index (κ1) is 34.3. The number of benzene rings is 3. The maximum atomic E-state index is 13.5. The lowest BCUT2D eigenvalue weighted by molar-refractivity contribution is -0.139. The van der Waals surface area contributed by atoms with Gasteiger partial charge in [-0.3, -0.25) is 9.69 Å². The molecule has 0 unspecified atom stereocenters. The molecule has 3 atom stereocenters. The normalized spacial score (nSPS) is 18.0. The number of likely N-dealkylation sites (tertiary alicyclic amines) is 1. The van der Waals surface area contributed by atoms with Crippen LogP contribution in [0.3, 0.4) is 0 Å². The first-order valence-corrected chi connectivity index (χ1v) is 18.4. The molecule has 1 aliphatic rings. The van der Waals surface area contributed by atoms with Gasteiger partial charge in [-0.15, -0.1) is 0 Å². The minimum atomic E-state index is -3.43.